The van der Waals surface area contributed by atoms with Crippen molar-refractivity contribution < 1.29 is 13.9 Å². The number of hydrogen-bond donors (Lipinski definition) is 1. The van der Waals surface area contributed by atoms with Gasteiger partial charge in [0.2, 0.25) is 5.91 Å². The van der Waals surface area contributed by atoms with Crippen LogP contribution < -0.4 is 10.1 Å². The summed E-state index contributed by atoms with van der Waals surface area (Å²) in [5, 5.41) is 11.0. The minimum Gasteiger partial charge on any atom is -0.489 e. The summed E-state index contributed by atoms with van der Waals surface area (Å²) >= 11 is 7.06. The van der Waals surface area contributed by atoms with Gasteiger partial charge in [-0.15, -0.1) is 5.10 Å². The summed E-state index contributed by atoms with van der Waals surface area (Å²) in [6.45, 7) is 0.269. The number of thioether (sulfide) groups is 1. The molecular weight excluding hydrogens is 365 g/mol. The third-order valence-electron chi connectivity index (χ3n) is 3.19. The fourth-order valence-electron chi connectivity index (χ4n) is 2.01. The van der Waals surface area contributed by atoms with Crippen molar-refractivity contribution in [3.63, 3.8) is 0 Å². The molecule has 2 aromatic rings. The second kappa shape index (κ2) is 8.13. The number of carbonyl (C=O) groups excluding carboxylic acids is 1. The molecule has 1 amide bonds. The van der Waals surface area contributed by atoms with Crippen LogP contribution in [0.15, 0.2) is 52.7 Å². The highest BCUT2D eigenvalue weighted by atomic mass is 35.5. The van der Waals surface area contributed by atoms with Crippen molar-refractivity contribution in [2.24, 2.45) is 10.2 Å². The molecule has 0 atom stereocenters. The summed E-state index contributed by atoms with van der Waals surface area (Å²) in [6, 6.07) is 11.8. The van der Waals surface area contributed by atoms with Crippen LogP contribution in [0.3, 0.4) is 0 Å². The number of nitrogens with one attached hydrogen (secondary N) is 1. The van der Waals surface area contributed by atoms with Gasteiger partial charge in [0.1, 0.15) is 18.2 Å². The molecule has 1 N–H and O–H groups in total. The third-order valence-corrected chi connectivity index (χ3v) is 4.34. The zero-order chi connectivity index (χ0) is 17.6. The van der Waals surface area contributed by atoms with Crippen LogP contribution in [-0.2, 0) is 11.4 Å². The minimum absolute atomic E-state index is 0.0676. The molecular formula is C17H13ClFN3O2S. The van der Waals surface area contributed by atoms with Crippen molar-refractivity contribution in [3.05, 3.63) is 64.4 Å². The molecule has 0 aromatic heterocycles. The summed E-state index contributed by atoms with van der Waals surface area (Å²) in [5.41, 5.74) is 1.57. The van der Waals surface area contributed by atoms with Gasteiger partial charge in [-0.1, -0.05) is 41.6 Å². The standard InChI is InChI=1S/C17H13ClFN3O2S/c18-14-7-12(4-5-15(14)19)9-24-13-3-1-2-11(6-13)8-20-22-17-21-16(23)10-25-17/h1-8H,9-10H2,(H,21,22,23). The van der Waals surface area contributed by atoms with Crippen LogP contribution in [0, 0.1) is 5.82 Å². The fourth-order valence-corrected chi connectivity index (χ4v) is 2.84. The number of nitrogens with zero attached hydrogens (tertiary/aromatic N) is 2. The van der Waals surface area contributed by atoms with E-state index in [-0.39, 0.29) is 17.5 Å². The molecule has 0 aliphatic carbocycles. The van der Waals surface area contributed by atoms with Crippen LogP contribution in [0.2, 0.25) is 5.02 Å². The summed E-state index contributed by atoms with van der Waals surface area (Å²) in [7, 11) is 0. The Morgan fingerprint density at radius 2 is 2.20 bits per heavy atom. The fraction of sp³-hybridized carbons (Fsp3) is 0.118. The molecule has 1 aliphatic heterocycles. The highest BCUT2D eigenvalue weighted by Gasteiger charge is 2.15. The van der Waals surface area contributed by atoms with Crippen LogP contribution in [-0.4, -0.2) is 23.0 Å². The third kappa shape index (κ3) is 5.04. The Kier molecular flexibility index (Phi) is 5.67. The number of ether oxygens (including phenoxy) is 1. The van der Waals surface area contributed by atoms with E-state index in [0.29, 0.717) is 16.7 Å². The van der Waals surface area contributed by atoms with Crippen LogP contribution in [0.1, 0.15) is 11.1 Å². The number of halogens is 2. The Hall–Kier alpha value is -2.38. The molecule has 8 heteroatoms. The largest absolute Gasteiger partial charge is 0.489 e. The maximum atomic E-state index is 13.1. The first-order chi connectivity index (χ1) is 12.1. The molecule has 0 bridgehead atoms. The van der Waals surface area contributed by atoms with E-state index >= 15 is 0 Å². The zero-order valence-corrected chi connectivity index (χ0v) is 14.5. The molecule has 1 saturated heterocycles. The van der Waals surface area contributed by atoms with E-state index in [4.69, 9.17) is 16.3 Å². The quantitative estimate of drug-likeness (QED) is 0.639. The van der Waals surface area contributed by atoms with Gasteiger partial charge >= 0.3 is 0 Å². The van der Waals surface area contributed by atoms with Crippen LogP contribution in [0.5, 0.6) is 5.75 Å². The van der Waals surface area contributed by atoms with E-state index in [1.807, 2.05) is 12.1 Å². The van der Waals surface area contributed by atoms with Crippen molar-refractivity contribution in [3.8, 4) is 5.75 Å². The molecule has 0 radical (unpaired) electrons. The highest BCUT2D eigenvalue weighted by molar-refractivity contribution is 8.15. The van der Waals surface area contributed by atoms with Crippen LogP contribution >= 0.6 is 23.4 Å². The molecule has 25 heavy (non-hydrogen) atoms. The van der Waals surface area contributed by atoms with Gasteiger partial charge < -0.3 is 10.1 Å². The van der Waals surface area contributed by atoms with Crippen molar-refractivity contribution in [2.45, 2.75) is 6.61 Å². The number of carbonyl (C=O) groups is 1. The van der Waals surface area contributed by atoms with E-state index < -0.39 is 5.82 Å². The predicted molar refractivity (Wildman–Crippen MR) is 97.8 cm³/mol. The average molecular weight is 378 g/mol. The molecule has 1 heterocycles. The Morgan fingerprint density at radius 1 is 1.32 bits per heavy atom. The number of amides is 1. The summed E-state index contributed by atoms with van der Waals surface area (Å²) in [6.07, 6.45) is 1.57. The first kappa shape index (κ1) is 17.4. The van der Waals surface area contributed by atoms with Crippen molar-refractivity contribution in [1.29, 1.82) is 0 Å². The Morgan fingerprint density at radius 3 is 2.96 bits per heavy atom. The molecule has 1 fully saturated rings. The summed E-state index contributed by atoms with van der Waals surface area (Å²) in [4.78, 5) is 11.0. The Balaban J connectivity index is 1.61. The average Bonchev–Trinajstić information content (AvgIpc) is 3.02. The second-order valence-corrected chi connectivity index (χ2v) is 6.47. The number of amidine groups is 1. The van der Waals surface area contributed by atoms with Gasteiger partial charge in [0, 0.05) is 0 Å². The van der Waals surface area contributed by atoms with Gasteiger partial charge in [0.15, 0.2) is 5.17 Å². The topological polar surface area (TPSA) is 63.0 Å². The lowest BCUT2D eigenvalue weighted by molar-refractivity contribution is -0.116. The Labute approximate surface area is 152 Å². The number of hydrogen-bond acceptors (Lipinski definition) is 5. The van der Waals surface area contributed by atoms with Gasteiger partial charge in [-0.25, -0.2) is 4.39 Å². The van der Waals surface area contributed by atoms with Crippen LogP contribution in [0.4, 0.5) is 4.39 Å². The molecule has 5 nitrogen and oxygen atoms in total. The van der Waals surface area contributed by atoms with E-state index in [1.165, 1.54) is 23.9 Å². The van der Waals surface area contributed by atoms with Gasteiger partial charge in [-0.05, 0) is 35.4 Å². The molecule has 3 rings (SSSR count). The number of benzene rings is 2. The first-order valence-corrected chi connectivity index (χ1v) is 8.67. The molecule has 1 aliphatic rings. The maximum absolute atomic E-state index is 13.1. The molecule has 0 saturated carbocycles. The lowest BCUT2D eigenvalue weighted by Gasteiger charge is -2.07. The second-order valence-electron chi connectivity index (χ2n) is 5.10. The highest BCUT2D eigenvalue weighted by Crippen LogP contribution is 2.19. The Bertz CT molecular complexity index is 858. The zero-order valence-electron chi connectivity index (χ0n) is 12.9. The maximum Gasteiger partial charge on any atom is 0.236 e. The van der Waals surface area contributed by atoms with Crippen molar-refractivity contribution in [1.82, 2.24) is 5.32 Å². The van der Waals surface area contributed by atoms with Gasteiger partial charge in [0.05, 0.1) is 17.0 Å². The van der Waals surface area contributed by atoms with E-state index in [1.54, 1.807) is 24.4 Å². The monoisotopic (exact) mass is 377 g/mol. The van der Waals surface area contributed by atoms with Crippen molar-refractivity contribution >= 4 is 40.7 Å². The van der Waals surface area contributed by atoms with E-state index in [0.717, 1.165) is 11.1 Å². The molecule has 2 aromatic carbocycles. The predicted octanol–water partition coefficient (Wildman–Crippen LogP) is 3.61. The molecule has 0 spiro atoms. The first-order valence-electron chi connectivity index (χ1n) is 7.30. The molecule has 128 valence electrons. The van der Waals surface area contributed by atoms with Gasteiger partial charge in [-0.3, -0.25) is 4.79 Å². The van der Waals surface area contributed by atoms with Crippen molar-refractivity contribution in [2.75, 3.05) is 5.75 Å². The lowest BCUT2D eigenvalue weighted by atomic mass is 10.2. The van der Waals surface area contributed by atoms with Gasteiger partial charge in [0.25, 0.3) is 0 Å². The van der Waals surface area contributed by atoms with E-state index in [9.17, 15) is 9.18 Å². The normalized spacial score (nSPS) is 15.8. The van der Waals surface area contributed by atoms with Gasteiger partial charge in [-0.2, -0.15) is 5.10 Å². The van der Waals surface area contributed by atoms with Crippen LogP contribution in [0.25, 0.3) is 0 Å². The lowest BCUT2D eigenvalue weighted by Crippen LogP contribution is -2.19. The number of rotatable bonds is 5. The minimum atomic E-state index is -0.457. The SMILES string of the molecule is O=C1CSC(=NN=Cc2cccc(OCc3ccc(F)c(Cl)c3)c2)N1. The molecule has 0 unspecified atom stereocenters. The summed E-state index contributed by atoms with van der Waals surface area (Å²) in [5.74, 6) is 0.475. The summed E-state index contributed by atoms with van der Waals surface area (Å²) < 4.78 is 18.8. The smallest absolute Gasteiger partial charge is 0.236 e. The van der Waals surface area contributed by atoms with E-state index in [2.05, 4.69) is 15.5 Å².